The molecular formula is C21H16N2O3. The van der Waals surface area contributed by atoms with Crippen LogP contribution in [0.3, 0.4) is 0 Å². The second-order valence-electron chi connectivity index (χ2n) is 5.91. The van der Waals surface area contributed by atoms with Crippen LogP contribution in [0.1, 0.15) is 22.7 Å². The van der Waals surface area contributed by atoms with Crippen LogP contribution in [-0.4, -0.2) is 23.7 Å². The highest BCUT2D eigenvalue weighted by molar-refractivity contribution is 6.44. The van der Waals surface area contributed by atoms with E-state index in [1.807, 2.05) is 31.2 Å². The number of pyridine rings is 1. The number of nitrogens with zero attached hydrogens (tertiary/aromatic N) is 2. The average molecular weight is 344 g/mol. The van der Waals surface area contributed by atoms with E-state index < -0.39 is 17.5 Å². The average Bonchev–Trinajstić information content (AvgIpc) is 2.82. The molecule has 0 radical (unpaired) electrons. The van der Waals surface area contributed by atoms with Gasteiger partial charge < -0.3 is 4.74 Å². The summed E-state index contributed by atoms with van der Waals surface area (Å²) in [7, 11) is 1.42. The summed E-state index contributed by atoms with van der Waals surface area (Å²) < 4.78 is 5.28. The molecule has 0 aliphatic heterocycles. The number of carbonyl (C=O) groups is 2. The van der Waals surface area contributed by atoms with Gasteiger partial charge in [0.25, 0.3) is 0 Å². The van der Waals surface area contributed by atoms with Crippen molar-refractivity contribution in [3.63, 3.8) is 0 Å². The molecule has 26 heavy (non-hydrogen) atoms. The molecule has 1 aromatic carbocycles. The molecule has 0 spiro atoms. The van der Waals surface area contributed by atoms with Crippen molar-refractivity contribution in [1.29, 1.82) is 5.26 Å². The van der Waals surface area contributed by atoms with E-state index in [-0.39, 0.29) is 11.4 Å². The van der Waals surface area contributed by atoms with Crippen LogP contribution in [0.15, 0.2) is 54.6 Å². The zero-order valence-corrected chi connectivity index (χ0v) is 14.4. The third kappa shape index (κ3) is 3.17. The molecule has 0 saturated heterocycles. The maximum Gasteiger partial charge on any atom is 0.232 e. The predicted molar refractivity (Wildman–Crippen MR) is 96.7 cm³/mol. The maximum absolute atomic E-state index is 12.4. The van der Waals surface area contributed by atoms with E-state index in [1.54, 1.807) is 18.2 Å². The Labute approximate surface area is 151 Å². The van der Waals surface area contributed by atoms with Gasteiger partial charge in [0.05, 0.1) is 18.7 Å². The summed E-state index contributed by atoms with van der Waals surface area (Å²) in [6.45, 7) is 1.96. The molecule has 5 heteroatoms. The van der Waals surface area contributed by atoms with Crippen molar-refractivity contribution in [2.45, 2.75) is 12.8 Å². The summed E-state index contributed by atoms with van der Waals surface area (Å²) in [4.78, 5) is 28.6. The zero-order chi connectivity index (χ0) is 18.7. The smallest absolute Gasteiger partial charge is 0.232 e. The first-order valence-corrected chi connectivity index (χ1v) is 8.04. The molecule has 3 rings (SSSR count). The van der Waals surface area contributed by atoms with Crippen LogP contribution < -0.4 is 4.74 Å². The first-order valence-electron chi connectivity index (χ1n) is 8.04. The number of hydrogen-bond donors (Lipinski definition) is 0. The fourth-order valence-corrected chi connectivity index (χ4v) is 2.87. The summed E-state index contributed by atoms with van der Waals surface area (Å²) >= 11 is 0. The number of methoxy groups -OCH3 is 1. The summed E-state index contributed by atoms with van der Waals surface area (Å²) in [5.41, 5.74) is 3.13. The lowest BCUT2D eigenvalue weighted by Gasteiger charge is -2.15. The molecule has 1 atom stereocenters. The predicted octanol–water partition coefficient (Wildman–Crippen LogP) is 3.29. The van der Waals surface area contributed by atoms with Crippen LogP contribution >= 0.6 is 0 Å². The zero-order valence-electron chi connectivity index (χ0n) is 14.4. The Morgan fingerprint density at radius 1 is 1.19 bits per heavy atom. The second kappa shape index (κ2) is 7.16. The van der Waals surface area contributed by atoms with E-state index in [4.69, 9.17) is 4.74 Å². The van der Waals surface area contributed by atoms with Crippen molar-refractivity contribution in [3.8, 4) is 23.1 Å². The Morgan fingerprint density at radius 3 is 2.69 bits per heavy atom. The highest BCUT2D eigenvalue weighted by Crippen LogP contribution is 2.33. The van der Waals surface area contributed by atoms with Crippen molar-refractivity contribution in [3.05, 3.63) is 71.5 Å². The van der Waals surface area contributed by atoms with E-state index in [9.17, 15) is 14.9 Å². The Balaban J connectivity index is 2.22. The topological polar surface area (TPSA) is 80.0 Å². The summed E-state index contributed by atoms with van der Waals surface area (Å²) in [5.74, 6) is -1.83. The molecule has 1 unspecified atom stereocenters. The minimum Gasteiger partial charge on any atom is -0.480 e. The maximum atomic E-state index is 12.4. The van der Waals surface area contributed by atoms with Gasteiger partial charge in [-0.3, -0.25) is 9.59 Å². The third-order valence-corrected chi connectivity index (χ3v) is 4.15. The number of aromatic nitrogens is 1. The highest BCUT2D eigenvalue weighted by Gasteiger charge is 2.27. The number of nitriles is 1. The Morgan fingerprint density at radius 2 is 2.00 bits per heavy atom. The van der Waals surface area contributed by atoms with Gasteiger partial charge in [0, 0.05) is 5.56 Å². The van der Waals surface area contributed by atoms with E-state index in [0.717, 1.165) is 11.1 Å². The monoisotopic (exact) mass is 344 g/mol. The molecule has 1 heterocycles. The fraction of sp³-hybridized carbons (Fsp3) is 0.143. The molecule has 5 nitrogen and oxygen atoms in total. The van der Waals surface area contributed by atoms with Crippen LogP contribution in [0.5, 0.6) is 5.88 Å². The summed E-state index contributed by atoms with van der Waals surface area (Å²) in [6, 6.07) is 11.5. The number of Topliss-reactive ketones (excluding diaryl/α,β-unsaturated/α-hetero) is 1. The Kier molecular flexibility index (Phi) is 4.76. The van der Waals surface area contributed by atoms with Crippen molar-refractivity contribution in [1.82, 2.24) is 4.98 Å². The lowest BCUT2D eigenvalue weighted by molar-refractivity contribution is -0.134. The van der Waals surface area contributed by atoms with Crippen molar-refractivity contribution in [2.75, 3.05) is 7.11 Å². The molecule has 0 N–H and O–H groups in total. The molecule has 128 valence electrons. The molecule has 0 bridgehead atoms. The van der Waals surface area contributed by atoms with Gasteiger partial charge in [-0.2, -0.15) is 5.26 Å². The van der Waals surface area contributed by atoms with Crippen LogP contribution in [0.25, 0.3) is 11.1 Å². The van der Waals surface area contributed by atoms with E-state index in [2.05, 4.69) is 11.1 Å². The van der Waals surface area contributed by atoms with Crippen molar-refractivity contribution >= 4 is 11.6 Å². The minimum atomic E-state index is -0.817. The number of aryl methyl sites for hydroxylation is 1. The molecule has 0 fully saturated rings. The van der Waals surface area contributed by atoms with Gasteiger partial charge in [-0.1, -0.05) is 48.1 Å². The largest absolute Gasteiger partial charge is 0.480 e. The molecule has 1 aliphatic carbocycles. The normalized spacial score (nSPS) is 16.3. The molecule has 0 saturated carbocycles. The lowest BCUT2D eigenvalue weighted by atomic mass is 9.92. The van der Waals surface area contributed by atoms with Gasteiger partial charge in [0.2, 0.25) is 17.4 Å². The van der Waals surface area contributed by atoms with Gasteiger partial charge in [0.1, 0.15) is 11.6 Å². The number of ether oxygens (including phenoxy) is 1. The van der Waals surface area contributed by atoms with Crippen LogP contribution in [-0.2, 0) is 9.59 Å². The van der Waals surface area contributed by atoms with E-state index in [1.165, 1.54) is 19.3 Å². The lowest BCUT2D eigenvalue weighted by Crippen LogP contribution is -2.19. The summed E-state index contributed by atoms with van der Waals surface area (Å²) in [5, 5.41) is 9.59. The fourth-order valence-electron chi connectivity index (χ4n) is 2.87. The van der Waals surface area contributed by atoms with Gasteiger partial charge in [-0.05, 0) is 24.6 Å². The number of carbonyl (C=O) groups excluding carboxylic acids is 2. The molecule has 1 aromatic heterocycles. The Hall–Kier alpha value is -3.52. The minimum absolute atomic E-state index is 0.132. The van der Waals surface area contributed by atoms with E-state index >= 15 is 0 Å². The standard InChI is InChI=1S/C21H16N2O3/c1-13-6-5-7-14(10-13)16-11-18(23-21(26-2)17(16)12-22)15-8-3-4-9-19(24)20(15)25/h3-11,15H,1-2H3. The van der Waals surface area contributed by atoms with Crippen LogP contribution in [0, 0.1) is 18.3 Å². The van der Waals surface area contributed by atoms with Gasteiger partial charge >= 0.3 is 0 Å². The number of ketones is 2. The number of hydrogen-bond acceptors (Lipinski definition) is 5. The van der Waals surface area contributed by atoms with Crippen molar-refractivity contribution < 1.29 is 14.3 Å². The van der Waals surface area contributed by atoms with Gasteiger partial charge in [-0.25, -0.2) is 4.98 Å². The summed E-state index contributed by atoms with van der Waals surface area (Å²) in [6.07, 6.45) is 6.04. The third-order valence-electron chi connectivity index (χ3n) is 4.15. The van der Waals surface area contributed by atoms with Crippen molar-refractivity contribution in [2.24, 2.45) is 0 Å². The van der Waals surface area contributed by atoms with Crippen LogP contribution in [0.4, 0.5) is 0 Å². The SMILES string of the molecule is COc1nc(C2C=CC=CC(=O)C2=O)cc(-c2cccc(C)c2)c1C#N. The van der Waals surface area contributed by atoms with Gasteiger partial charge in [-0.15, -0.1) is 0 Å². The quantitative estimate of drug-likeness (QED) is 0.798. The number of allylic oxidation sites excluding steroid dienone is 4. The van der Waals surface area contributed by atoms with E-state index in [0.29, 0.717) is 11.3 Å². The molecule has 1 aliphatic rings. The first kappa shape index (κ1) is 17.3. The highest BCUT2D eigenvalue weighted by atomic mass is 16.5. The molecule has 2 aromatic rings. The van der Waals surface area contributed by atoms with Gasteiger partial charge in [0.15, 0.2) is 0 Å². The molecular weight excluding hydrogens is 328 g/mol. The Bertz CT molecular complexity index is 997. The molecule has 0 amide bonds. The number of benzene rings is 1. The van der Waals surface area contributed by atoms with Crippen LogP contribution in [0.2, 0.25) is 0 Å². The number of rotatable bonds is 3. The first-order chi connectivity index (χ1) is 12.5. The second-order valence-corrected chi connectivity index (χ2v) is 5.91.